The van der Waals surface area contributed by atoms with Crippen molar-refractivity contribution in [2.75, 3.05) is 19.6 Å². The van der Waals surface area contributed by atoms with E-state index in [4.69, 9.17) is 0 Å². The first-order valence-corrected chi connectivity index (χ1v) is 9.48. The van der Waals surface area contributed by atoms with Gasteiger partial charge in [0.25, 0.3) is 0 Å². The summed E-state index contributed by atoms with van der Waals surface area (Å²) in [7, 11) is 0. The molecule has 0 atom stereocenters. The van der Waals surface area contributed by atoms with Gasteiger partial charge in [0.05, 0.1) is 0 Å². The van der Waals surface area contributed by atoms with Gasteiger partial charge in [-0.1, -0.05) is 12.8 Å². The van der Waals surface area contributed by atoms with Crippen molar-refractivity contribution in [2.45, 2.75) is 44.6 Å². The average Bonchev–Trinajstić information content (AvgIpc) is 3.24. The van der Waals surface area contributed by atoms with Gasteiger partial charge in [0.2, 0.25) is 5.91 Å². The van der Waals surface area contributed by atoms with Crippen LogP contribution in [0.5, 0.6) is 0 Å². The van der Waals surface area contributed by atoms with Crippen LogP contribution >= 0.6 is 11.3 Å². The Labute approximate surface area is 137 Å². The molecule has 2 heterocycles. The minimum absolute atomic E-state index is 0.0319. The van der Waals surface area contributed by atoms with Crippen molar-refractivity contribution >= 4 is 23.3 Å². The minimum Gasteiger partial charge on any atom is -0.352 e. The molecule has 1 amide bonds. The van der Waals surface area contributed by atoms with Crippen LogP contribution in [0.2, 0.25) is 0 Å². The van der Waals surface area contributed by atoms with Gasteiger partial charge in [0.1, 0.15) is 0 Å². The molecule has 0 radical (unpaired) electrons. The summed E-state index contributed by atoms with van der Waals surface area (Å²) in [6.07, 6.45) is 11.6. The quantitative estimate of drug-likeness (QED) is 0.842. The predicted octanol–water partition coefficient (Wildman–Crippen LogP) is 3.53. The van der Waals surface area contributed by atoms with Crippen LogP contribution in [0.1, 0.15) is 44.1 Å². The van der Waals surface area contributed by atoms with Crippen LogP contribution in [0.15, 0.2) is 22.9 Å². The lowest BCUT2D eigenvalue weighted by molar-refractivity contribution is -0.116. The molecule has 1 aliphatic heterocycles. The van der Waals surface area contributed by atoms with Crippen molar-refractivity contribution in [3.63, 3.8) is 0 Å². The molecule has 0 bridgehead atoms. The molecule has 0 spiro atoms. The highest BCUT2D eigenvalue weighted by Crippen LogP contribution is 2.27. The first kappa shape index (κ1) is 15.8. The summed E-state index contributed by atoms with van der Waals surface area (Å²) in [5.74, 6) is 0.681. The van der Waals surface area contributed by atoms with Crippen molar-refractivity contribution in [2.24, 2.45) is 5.92 Å². The van der Waals surface area contributed by atoms with Gasteiger partial charge in [-0.2, -0.15) is 11.3 Å². The summed E-state index contributed by atoms with van der Waals surface area (Å²) in [4.78, 5) is 14.5. The zero-order valence-corrected chi connectivity index (χ0v) is 14.0. The van der Waals surface area contributed by atoms with E-state index < -0.39 is 0 Å². The predicted molar refractivity (Wildman–Crippen MR) is 92.9 cm³/mol. The van der Waals surface area contributed by atoms with Crippen molar-refractivity contribution in [1.29, 1.82) is 0 Å². The van der Waals surface area contributed by atoms with Crippen molar-refractivity contribution in [3.8, 4) is 0 Å². The highest BCUT2D eigenvalue weighted by atomic mass is 32.1. The summed E-state index contributed by atoms with van der Waals surface area (Å²) in [5, 5.41) is 7.13. The van der Waals surface area contributed by atoms with Crippen molar-refractivity contribution in [1.82, 2.24) is 10.2 Å². The largest absolute Gasteiger partial charge is 0.352 e. The van der Waals surface area contributed by atoms with E-state index >= 15 is 0 Å². The number of carbonyl (C=O) groups excluding carboxylic acids is 1. The topological polar surface area (TPSA) is 32.3 Å². The van der Waals surface area contributed by atoms with Crippen LogP contribution in [0.25, 0.3) is 6.08 Å². The highest BCUT2D eigenvalue weighted by Gasteiger charge is 2.26. The molecule has 3 rings (SSSR count). The second-order valence-electron chi connectivity index (χ2n) is 6.55. The van der Waals surface area contributed by atoms with Gasteiger partial charge in [-0.05, 0) is 73.2 Å². The van der Waals surface area contributed by atoms with Gasteiger partial charge in [-0.15, -0.1) is 0 Å². The average molecular weight is 318 g/mol. The van der Waals surface area contributed by atoms with Gasteiger partial charge in [-0.3, -0.25) is 4.79 Å². The number of piperidine rings is 1. The van der Waals surface area contributed by atoms with Gasteiger partial charge in [-0.25, -0.2) is 0 Å². The molecule has 1 aliphatic carbocycles. The Kier molecular flexibility index (Phi) is 5.68. The first-order chi connectivity index (χ1) is 10.8. The number of nitrogens with one attached hydrogen (secondary N) is 1. The second kappa shape index (κ2) is 7.93. The summed E-state index contributed by atoms with van der Waals surface area (Å²) < 4.78 is 0. The van der Waals surface area contributed by atoms with Gasteiger partial charge in [0.15, 0.2) is 0 Å². The number of thiophene rings is 1. The Morgan fingerprint density at radius 3 is 2.73 bits per heavy atom. The third kappa shape index (κ3) is 4.43. The fourth-order valence-electron chi connectivity index (χ4n) is 3.64. The summed E-state index contributed by atoms with van der Waals surface area (Å²) >= 11 is 1.65. The molecule has 4 heteroatoms. The van der Waals surface area contributed by atoms with Crippen LogP contribution in [0.3, 0.4) is 0 Å². The van der Waals surface area contributed by atoms with Crippen LogP contribution in [-0.2, 0) is 4.79 Å². The third-order valence-corrected chi connectivity index (χ3v) is 5.73. The maximum atomic E-state index is 11.8. The van der Waals surface area contributed by atoms with E-state index in [0.29, 0.717) is 5.92 Å². The Morgan fingerprint density at radius 1 is 1.27 bits per heavy atom. The third-order valence-electron chi connectivity index (χ3n) is 5.03. The molecule has 1 aromatic heterocycles. The Balaban J connectivity index is 1.35. The summed E-state index contributed by atoms with van der Waals surface area (Å²) in [6, 6.07) is 2.87. The van der Waals surface area contributed by atoms with Crippen LogP contribution < -0.4 is 5.32 Å². The lowest BCUT2D eigenvalue weighted by Gasteiger charge is -2.36. The Hall–Kier alpha value is -1.13. The lowest BCUT2D eigenvalue weighted by Crippen LogP contribution is -2.42. The molecule has 2 fully saturated rings. The fraction of sp³-hybridized carbons (Fsp3) is 0.611. The number of nitrogens with zero attached hydrogens (tertiary/aromatic N) is 1. The molecule has 1 aromatic rings. The molecule has 120 valence electrons. The number of carbonyl (C=O) groups is 1. The Bertz CT molecular complexity index is 483. The van der Waals surface area contributed by atoms with E-state index in [1.807, 2.05) is 22.9 Å². The van der Waals surface area contributed by atoms with Crippen molar-refractivity contribution in [3.05, 3.63) is 28.5 Å². The maximum Gasteiger partial charge on any atom is 0.244 e. The van der Waals surface area contributed by atoms with Gasteiger partial charge in [0, 0.05) is 18.7 Å². The van der Waals surface area contributed by atoms with Crippen LogP contribution in [-0.4, -0.2) is 36.5 Å². The van der Waals surface area contributed by atoms with E-state index in [2.05, 4.69) is 10.2 Å². The van der Waals surface area contributed by atoms with Crippen LogP contribution in [0, 0.1) is 5.92 Å². The minimum atomic E-state index is 0.0319. The standard InChI is InChI=1S/C18H26N2OS/c21-18(6-5-16-9-12-22-14-16)19-13-15-7-10-20(11-8-15)17-3-1-2-4-17/h5-6,9,12,14-15,17H,1-4,7-8,10-11,13H2,(H,19,21)/b6-5+. The molecule has 22 heavy (non-hydrogen) atoms. The van der Waals surface area contributed by atoms with Crippen molar-refractivity contribution < 1.29 is 4.79 Å². The van der Waals surface area contributed by atoms with E-state index in [1.54, 1.807) is 17.4 Å². The fourth-order valence-corrected chi connectivity index (χ4v) is 4.27. The van der Waals surface area contributed by atoms with E-state index in [1.165, 1.54) is 51.6 Å². The lowest BCUT2D eigenvalue weighted by atomic mass is 9.95. The number of amides is 1. The molecule has 0 aromatic carbocycles. The van der Waals surface area contributed by atoms with E-state index in [9.17, 15) is 4.79 Å². The molecular formula is C18H26N2OS. The molecule has 3 nitrogen and oxygen atoms in total. The maximum absolute atomic E-state index is 11.8. The normalized spacial score (nSPS) is 21.6. The van der Waals surface area contributed by atoms with Gasteiger partial charge >= 0.3 is 0 Å². The number of hydrogen-bond acceptors (Lipinski definition) is 3. The first-order valence-electron chi connectivity index (χ1n) is 8.53. The van der Waals surface area contributed by atoms with Crippen LogP contribution in [0.4, 0.5) is 0 Å². The molecule has 1 saturated heterocycles. The zero-order valence-electron chi connectivity index (χ0n) is 13.2. The second-order valence-corrected chi connectivity index (χ2v) is 7.33. The number of hydrogen-bond donors (Lipinski definition) is 1. The molecule has 1 N–H and O–H groups in total. The molecular weight excluding hydrogens is 292 g/mol. The number of rotatable bonds is 5. The molecule has 1 saturated carbocycles. The van der Waals surface area contributed by atoms with E-state index in [0.717, 1.165) is 18.2 Å². The van der Waals surface area contributed by atoms with Gasteiger partial charge < -0.3 is 10.2 Å². The van der Waals surface area contributed by atoms with E-state index in [-0.39, 0.29) is 5.91 Å². The monoisotopic (exact) mass is 318 g/mol. The molecule has 2 aliphatic rings. The molecule has 0 unspecified atom stereocenters. The summed E-state index contributed by atoms with van der Waals surface area (Å²) in [6.45, 7) is 3.26. The summed E-state index contributed by atoms with van der Waals surface area (Å²) in [5.41, 5.74) is 1.10. The zero-order chi connectivity index (χ0) is 15.2. The SMILES string of the molecule is O=C(/C=C/c1ccsc1)NCC1CCN(C2CCCC2)CC1. The highest BCUT2D eigenvalue weighted by molar-refractivity contribution is 7.08. The smallest absolute Gasteiger partial charge is 0.244 e. The number of likely N-dealkylation sites (tertiary alicyclic amines) is 1. The Morgan fingerprint density at radius 2 is 2.05 bits per heavy atom.